The molecule has 0 radical (unpaired) electrons. The number of nitrogens with one attached hydrogen (secondary N) is 1. The van der Waals surface area contributed by atoms with Crippen molar-refractivity contribution < 1.29 is 18.8 Å². The van der Waals surface area contributed by atoms with Crippen molar-refractivity contribution in [3.05, 3.63) is 65.6 Å². The maximum atomic E-state index is 12.4. The van der Waals surface area contributed by atoms with Gasteiger partial charge in [0.05, 0.1) is 12.8 Å². The monoisotopic (exact) mass is 296 g/mol. The summed E-state index contributed by atoms with van der Waals surface area (Å²) in [6.45, 7) is 0.0915. The van der Waals surface area contributed by atoms with Gasteiger partial charge >= 0.3 is 6.03 Å². The third kappa shape index (κ3) is 2.67. The summed E-state index contributed by atoms with van der Waals surface area (Å²) in [7, 11) is 0. The summed E-state index contributed by atoms with van der Waals surface area (Å²) >= 11 is 0. The molecule has 1 aromatic carbocycles. The molecule has 0 saturated carbocycles. The van der Waals surface area contributed by atoms with Crippen LogP contribution in [0.4, 0.5) is 4.79 Å². The van der Waals surface area contributed by atoms with Gasteiger partial charge in [-0.1, -0.05) is 30.3 Å². The molecule has 3 rings (SSSR count). The smallest absolute Gasteiger partial charge is 0.331 e. The van der Waals surface area contributed by atoms with Crippen LogP contribution < -0.4 is 5.32 Å². The van der Waals surface area contributed by atoms with Crippen molar-refractivity contribution in [3.8, 4) is 0 Å². The number of rotatable bonds is 3. The van der Waals surface area contributed by atoms with Crippen LogP contribution >= 0.6 is 0 Å². The lowest BCUT2D eigenvalue weighted by Crippen LogP contribution is -2.53. The van der Waals surface area contributed by atoms with Crippen molar-refractivity contribution in [2.24, 2.45) is 0 Å². The molecule has 110 valence electrons. The highest BCUT2D eigenvalue weighted by atomic mass is 16.3. The van der Waals surface area contributed by atoms with Crippen molar-refractivity contribution in [1.29, 1.82) is 0 Å². The molecule has 6 heteroatoms. The molecule has 1 saturated heterocycles. The van der Waals surface area contributed by atoms with Gasteiger partial charge in [0.2, 0.25) is 0 Å². The van der Waals surface area contributed by atoms with E-state index in [0.717, 1.165) is 10.5 Å². The fraction of sp³-hybridized carbons (Fsp3) is 0.0625. The van der Waals surface area contributed by atoms with Crippen LogP contribution in [0.1, 0.15) is 11.3 Å². The first-order valence-electron chi connectivity index (χ1n) is 6.61. The Morgan fingerprint density at radius 3 is 2.50 bits per heavy atom. The molecule has 1 aromatic heterocycles. The van der Waals surface area contributed by atoms with Gasteiger partial charge in [0.25, 0.3) is 11.8 Å². The van der Waals surface area contributed by atoms with Crippen LogP contribution in [-0.4, -0.2) is 22.7 Å². The highest BCUT2D eigenvalue weighted by molar-refractivity contribution is 6.30. The minimum atomic E-state index is -0.726. The summed E-state index contributed by atoms with van der Waals surface area (Å²) in [4.78, 5) is 37.1. The van der Waals surface area contributed by atoms with E-state index in [-0.39, 0.29) is 12.1 Å². The number of imide groups is 2. The van der Waals surface area contributed by atoms with E-state index >= 15 is 0 Å². The molecule has 6 nitrogen and oxygen atoms in total. The number of hydrogen-bond acceptors (Lipinski definition) is 4. The molecule has 0 unspecified atom stereocenters. The number of nitrogens with zero attached hydrogens (tertiary/aromatic N) is 1. The minimum absolute atomic E-state index is 0.0915. The van der Waals surface area contributed by atoms with Crippen molar-refractivity contribution in [2.45, 2.75) is 6.54 Å². The molecule has 22 heavy (non-hydrogen) atoms. The van der Waals surface area contributed by atoms with Crippen LogP contribution in [0, 0.1) is 0 Å². The maximum Gasteiger partial charge on any atom is 0.331 e. The zero-order valence-corrected chi connectivity index (χ0v) is 11.5. The third-order valence-electron chi connectivity index (χ3n) is 3.20. The summed E-state index contributed by atoms with van der Waals surface area (Å²) < 4.78 is 5.10. The predicted molar refractivity (Wildman–Crippen MR) is 77.2 cm³/mol. The van der Waals surface area contributed by atoms with Crippen LogP contribution in [0.25, 0.3) is 6.08 Å². The van der Waals surface area contributed by atoms with Crippen LogP contribution in [0.5, 0.6) is 0 Å². The van der Waals surface area contributed by atoms with Gasteiger partial charge in [0.1, 0.15) is 11.3 Å². The topological polar surface area (TPSA) is 79.6 Å². The van der Waals surface area contributed by atoms with Crippen molar-refractivity contribution in [2.75, 3.05) is 0 Å². The molecule has 1 fully saturated rings. The number of amides is 4. The number of carbonyl (C=O) groups is 3. The van der Waals surface area contributed by atoms with Crippen LogP contribution in [-0.2, 0) is 16.1 Å². The summed E-state index contributed by atoms with van der Waals surface area (Å²) in [6.07, 6.45) is 2.76. The SMILES string of the molecule is O=C1NC(=O)N(Cc2ccccc2)C(=O)/C1=C/c1ccco1. The normalized spacial score (nSPS) is 17.0. The fourth-order valence-electron chi connectivity index (χ4n) is 2.12. The first-order valence-corrected chi connectivity index (χ1v) is 6.61. The Morgan fingerprint density at radius 2 is 1.82 bits per heavy atom. The third-order valence-corrected chi connectivity index (χ3v) is 3.20. The Hall–Kier alpha value is -3.15. The molecule has 1 aliphatic heterocycles. The first-order chi connectivity index (χ1) is 10.6. The average molecular weight is 296 g/mol. The van der Waals surface area contributed by atoms with Crippen LogP contribution in [0.15, 0.2) is 58.7 Å². The van der Waals surface area contributed by atoms with Gasteiger partial charge in [0, 0.05) is 0 Å². The molecular weight excluding hydrogens is 284 g/mol. The lowest BCUT2D eigenvalue weighted by atomic mass is 10.1. The number of benzene rings is 1. The quantitative estimate of drug-likeness (QED) is 0.693. The second-order valence-corrected chi connectivity index (χ2v) is 4.71. The number of urea groups is 1. The molecule has 1 N–H and O–H groups in total. The number of furan rings is 1. The molecule has 0 atom stereocenters. The van der Waals surface area contributed by atoms with Gasteiger partial charge in [0.15, 0.2) is 0 Å². The Labute approximate surface area is 126 Å². The summed E-state index contributed by atoms with van der Waals surface area (Å²) in [5.74, 6) is -1.00. The molecule has 2 heterocycles. The van der Waals surface area contributed by atoms with Gasteiger partial charge in [-0.2, -0.15) is 0 Å². The largest absolute Gasteiger partial charge is 0.465 e. The summed E-state index contributed by atoms with van der Waals surface area (Å²) in [6, 6.07) is 11.6. The molecular formula is C16H12N2O4. The van der Waals surface area contributed by atoms with E-state index < -0.39 is 17.8 Å². The highest BCUT2D eigenvalue weighted by Crippen LogP contribution is 2.17. The van der Waals surface area contributed by atoms with Gasteiger partial charge in [-0.05, 0) is 23.8 Å². The molecule has 2 aromatic rings. The minimum Gasteiger partial charge on any atom is -0.465 e. The average Bonchev–Trinajstić information content (AvgIpc) is 3.02. The van der Waals surface area contributed by atoms with Crippen molar-refractivity contribution in [1.82, 2.24) is 10.2 Å². The lowest BCUT2D eigenvalue weighted by Gasteiger charge is -2.26. The van der Waals surface area contributed by atoms with Crippen LogP contribution in [0.3, 0.4) is 0 Å². The van der Waals surface area contributed by atoms with E-state index in [4.69, 9.17) is 4.42 Å². The van der Waals surface area contributed by atoms with Crippen molar-refractivity contribution in [3.63, 3.8) is 0 Å². The lowest BCUT2D eigenvalue weighted by molar-refractivity contribution is -0.130. The number of carbonyl (C=O) groups excluding carboxylic acids is 3. The Balaban J connectivity index is 1.89. The molecule has 0 spiro atoms. The van der Waals surface area contributed by atoms with E-state index in [1.54, 1.807) is 24.3 Å². The maximum absolute atomic E-state index is 12.4. The van der Waals surface area contributed by atoms with E-state index in [1.807, 2.05) is 18.2 Å². The van der Waals surface area contributed by atoms with Crippen molar-refractivity contribution >= 4 is 23.9 Å². The number of barbiturate groups is 1. The standard InChI is InChI=1S/C16H12N2O4/c19-14-13(9-12-7-4-8-22-12)15(20)18(16(21)17-14)10-11-5-2-1-3-6-11/h1-9H,10H2,(H,17,19,21)/b13-9+. The van der Waals surface area contributed by atoms with Gasteiger partial charge in [-0.25, -0.2) is 4.79 Å². The van der Waals surface area contributed by atoms with E-state index in [9.17, 15) is 14.4 Å². The number of hydrogen-bond donors (Lipinski definition) is 1. The predicted octanol–water partition coefficient (Wildman–Crippen LogP) is 1.94. The zero-order valence-electron chi connectivity index (χ0n) is 11.5. The molecule has 0 bridgehead atoms. The van der Waals surface area contributed by atoms with Gasteiger partial charge in [-0.15, -0.1) is 0 Å². The molecule has 4 amide bonds. The van der Waals surface area contributed by atoms with Gasteiger partial charge < -0.3 is 4.42 Å². The zero-order chi connectivity index (χ0) is 15.5. The fourth-order valence-corrected chi connectivity index (χ4v) is 2.12. The van der Waals surface area contributed by atoms with Gasteiger partial charge in [-0.3, -0.25) is 19.8 Å². The van der Waals surface area contributed by atoms with E-state index in [1.165, 1.54) is 12.3 Å². The highest BCUT2D eigenvalue weighted by Gasteiger charge is 2.35. The van der Waals surface area contributed by atoms with E-state index in [0.29, 0.717) is 5.76 Å². The second-order valence-electron chi connectivity index (χ2n) is 4.71. The molecule has 0 aliphatic carbocycles. The van der Waals surface area contributed by atoms with Crippen LogP contribution in [0.2, 0.25) is 0 Å². The summed E-state index contributed by atoms with van der Waals surface area (Å²) in [5.41, 5.74) is 0.656. The summed E-state index contributed by atoms with van der Waals surface area (Å²) in [5, 5.41) is 2.16. The van der Waals surface area contributed by atoms with E-state index in [2.05, 4.69) is 5.32 Å². The molecule has 1 aliphatic rings. The second kappa shape index (κ2) is 5.69. The Kier molecular flexibility index (Phi) is 3.57. The Morgan fingerprint density at radius 1 is 1.05 bits per heavy atom. The Bertz CT molecular complexity index is 748. The first kappa shape index (κ1) is 13.8.